The van der Waals surface area contributed by atoms with Gasteiger partial charge in [-0.05, 0) is 45.0 Å². The molecule has 2 rings (SSSR count). The Hall–Kier alpha value is -1.02. The molecule has 0 radical (unpaired) electrons. The molecule has 1 aromatic carbocycles. The first-order valence-electron chi connectivity index (χ1n) is 7.77. The predicted octanol–water partition coefficient (Wildman–Crippen LogP) is 1.43. The summed E-state index contributed by atoms with van der Waals surface area (Å²) in [6.07, 6.45) is 0.423. The number of hydrogen-bond donors (Lipinski definition) is 1. The standard InChI is InChI=1S/C16H25FN2O3S/c1-13(2)23(21,22)19-9-8-16(20,12-19)11-18(3)10-14-4-6-15(17)7-5-14/h4-7,13,20H,8-12H2,1-3H3/t16-/m1/s1. The van der Waals surface area contributed by atoms with Gasteiger partial charge in [0.25, 0.3) is 0 Å². The summed E-state index contributed by atoms with van der Waals surface area (Å²) in [4.78, 5) is 1.93. The topological polar surface area (TPSA) is 60.9 Å². The van der Waals surface area contributed by atoms with Crippen molar-refractivity contribution in [2.75, 3.05) is 26.7 Å². The highest BCUT2D eigenvalue weighted by Crippen LogP contribution is 2.26. The second kappa shape index (κ2) is 6.84. The Morgan fingerprint density at radius 1 is 1.35 bits per heavy atom. The van der Waals surface area contributed by atoms with Crippen LogP contribution >= 0.6 is 0 Å². The second-order valence-electron chi connectivity index (χ2n) is 6.70. The van der Waals surface area contributed by atoms with E-state index in [2.05, 4.69) is 0 Å². The van der Waals surface area contributed by atoms with Crippen LogP contribution in [0, 0.1) is 5.82 Å². The molecule has 1 aromatic rings. The van der Waals surface area contributed by atoms with E-state index in [1.165, 1.54) is 16.4 Å². The molecular formula is C16H25FN2O3S. The third-order valence-electron chi connectivity index (χ3n) is 4.18. The highest BCUT2D eigenvalue weighted by Gasteiger charge is 2.42. The number of rotatable bonds is 6. The van der Waals surface area contributed by atoms with E-state index in [-0.39, 0.29) is 12.4 Å². The van der Waals surface area contributed by atoms with Gasteiger partial charge in [0.2, 0.25) is 10.0 Å². The number of benzene rings is 1. The van der Waals surface area contributed by atoms with E-state index >= 15 is 0 Å². The van der Waals surface area contributed by atoms with Crippen LogP contribution in [-0.4, -0.2) is 60.3 Å². The molecule has 5 nitrogen and oxygen atoms in total. The van der Waals surface area contributed by atoms with E-state index < -0.39 is 20.9 Å². The Bertz CT molecular complexity index is 633. The molecule has 1 heterocycles. The van der Waals surface area contributed by atoms with Gasteiger partial charge in [-0.1, -0.05) is 12.1 Å². The van der Waals surface area contributed by atoms with Crippen molar-refractivity contribution < 1.29 is 17.9 Å². The number of nitrogens with zero attached hydrogens (tertiary/aromatic N) is 2. The summed E-state index contributed by atoms with van der Waals surface area (Å²) in [5.41, 5.74) is -0.0985. The molecule has 0 amide bonds. The zero-order valence-corrected chi connectivity index (χ0v) is 14.7. The molecule has 7 heteroatoms. The summed E-state index contributed by atoms with van der Waals surface area (Å²) in [6.45, 7) is 4.71. The van der Waals surface area contributed by atoms with Crippen molar-refractivity contribution in [3.05, 3.63) is 35.6 Å². The average Bonchev–Trinajstić information content (AvgIpc) is 2.84. The van der Waals surface area contributed by atoms with Crippen LogP contribution in [0.25, 0.3) is 0 Å². The molecule has 0 spiro atoms. The number of sulfonamides is 1. The van der Waals surface area contributed by atoms with Crippen LogP contribution in [0.3, 0.4) is 0 Å². The van der Waals surface area contributed by atoms with Gasteiger partial charge in [-0.2, -0.15) is 4.31 Å². The van der Waals surface area contributed by atoms with Gasteiger partial charge in [0.05, 0.1) is 10.9 Å². The van der Waals surface area contributed by atoms with E-state index in [1.807, 2.05) is 11.9 Å². The van der Waals surface area contributed by atoms with Gasteiger partial charge in [-0.3, -0.25) is 4.90 Å². The third-order valence-corrected chi connectivity index (χ3v) is 6.41. The highest BCUT2D eigenvalue weighted by atomic mass is 32.2. The molecule has 1 aliphatic rings. The summed E-state index contributed by atoms with van der Waals surface area (Å²) in [6, 6.07) is 6.23. The normalized spacial score (nSPS) is 23.1. The Morgan fingerprint density at radius 2 is 1.96 bits per heavy atom. The zero-order valence-electron chi connectivity index (χ0n) is 13.9. The van der Waals surface area contributed by atoms with Gasteiger partial charge in [-0.15, -0.1) is 0 Å². The molecule has 1 fully saturated rings. The fourth-order valence-electron chi connectivity index (χ4n) is 2.92. The molecule has 0 bridgehead atoms. The number of hydrogen-bond acceptors (Lipinski definition) is 4. The van der Waals surface area contributed by atoms with Crippen LogP contribution in [0.2, 0.25) is 0 Å². The lowest BCUT2D eigenvalue weighted by atomic mass is 10.0. The van der Waals surface area contributed by atoms with Gasteiger partial charge < -0.3 is 5.11 Å². The molecule has 1 atom stereocenters. The van der Waals surface area contributed by atoms with Crippen LogP contribution in [0.1, 0.15) is 25.8 Å². The maximum atomic E-state index is 12.9. The maximum Gasteiger partial charge on any atom is 0.216 e. The first-order valence-corrected chi connectivity index (χ1v) is 9.27. The molecule has 1 aliphatic heterocycles. The predicted molar refractivity (Wildman–Crippen MR) is 87.9 cm³/mol. The van der Waals surface area contributed by atoms with Gasteiger partial charge >= 0.3 is 0 Å². The number of likely N-dealkylation sites (N-methyl/N-ethyl adjacent to an activating group) is 1. The average molecular weight is 344 g/mol. The summed E-state index contributed by atoms with van der Waals surface area (Å²) >= 11 is 0. The van der Waals surface area contributed by atoms with E-state index in [0.717, 1.165) is 5.56 Å². The van der Waals surface area contributed by atoms with Gasteiger partial charge in [0, 0.05) is 26.2 Å². The monoisotopic (exact) mass is 344 g/mol. The lowest BCUT2D eigenvalue weighted by Gasteiger charge is -2.29. The molecular weight excluding hydrogens is 319 g/mol. The van der Waals surface area contributed by atoms with Crippen molar-refractivity contribution in [3.63, 3.8) is 0 Å². The molecule has 23 heavy (non-hydrogen) atoms. The highest BCUT2D eigenvalue weighted by molar-refractivity contribution is 7.89. The molecule has 0 aliphatic carbocycles. The third kappa shape index (κ3) is 4.50. The van der Waals surface area contributed by atoms with Crippen LogP contribution in [0.5, 0.6) is 0 Å². The smallest absolute Gasteiger partial charge is 0.216 e. The van der Waals surface area contributed by atoms with E-state index in [4.69, 9.17) is 0 Å². The molecule has 130 valence electrons. The second-order valence-corrected chi connectivity index (χ2v) is 9.19. The number of β-amino-alcohol motifs (C(OH)–C–C–N with tert-alkyl or cyclic N) is 1. The summed E-state index contributed by atoms with van der Waals surface area (Å²) in [5, 5.41) is 10.2. The Kier molecular flexibility index (Phi) is 5.45. The lowest BCUT2D eigenvalue weighted by molar-refractivity contribution is 0.0219. The van der Waals surface area contributed by atoms with Crippen molar-refractivity contribution in [3.8, 4) is 0 Å². The summed E-state index contributed by atoms with van der Waals surface area (Å²) in [7, 11) is -1.47. The van der Waals surface area contributed by atoms with Gasteiger partial charge in [0.1, 0.15) is 5.82 Å². The largest absolute Gasteiger partial charge is 0.387 e. The SMILES string of the molecule is CC(C)S(=O)(=O)N1CC[C@@](O)(CN(C)Cc2ccc(F)cc2)C1. The molecule has 0 aromatic heterocycles. The lowest BCUT2D eigenvalue weighted by Crippen LogP contribution is -2.45. The quantitative estimate of drug-likeness (QED) is 0.848. The molecule has 1 saturated heterocycles. The Balaban J connectivity index is 1.96. The van der Waals surface area contributed by atoms with Gasteiger partial charge in [-0.25, -0.2) is 12.8 Å². The van der Waals surface area contributed by atoms with E-state index in [1.54, 1.807) is 26.0 Å². The molecule has 0 saturated carbocycles. The first kappa shape index (κ1) is 18.3. The van der Waals surface area contributed by atoms with Crippen LogP contribution in [0.4, 0.5) is 4.39 Å². The van der Waals surface area contributed by atoms with Crippen LogP contribution < -0.4 is 0 Å². The Morgan fingerprint density at radius 3 is 2.52 bits per heavy atom. The van der Waals surface area contributed by atoms with Crippen molar-refractivity contribution in [1.29, 1.82) is 0 Å². The van der Waals surface area contributed by atoms with Crippen molar-refractivity contribution in [1.82, 2.24) is 9.21 Å². The van der Waals surface area contributed by atoms with Crippen molar-refractivity contribution in [2.24, 2.45) is 0 Å². The zero-order chi connectivity index (χ0) is 17.3. The van der Waals surface area contributed by atoms with E-state index in [0.29, 0.717) is 26.1 Å². The van der Waals surface area contributed by atoms with Crippen LogP contribution in [0.15, 0.2) is 24.3 Å². The first-order chi connectivity index (χ1) is 10.6. The van der Waals surface area contributed by atoms with Crippen molar-refractivity contribution in [2.45, 2.75) is 37.7 Å². The minimum atomic E-state index is -3.33. The maximum absolute atomic E-state index is 12.9. The number of aliphatic hydroxyl groups is 1. The van der Waals surface area contributed by atoms with E-state index in [9.17, 15) is 17.9 Å². The van der Waals surface area contributed by atoms with Gasteiger partial charge in [0.15, 0.2) is 0 Å². The van der Waals surface area contributed by atoms with Crippen molar-refractivity contribution >= 4 is 10.0 Å². The fraction of sp³-hybridized carbons (Fsp3) is 0.625. The minimum Gasteiger partial charge on any atom is -0.387 e. The summed E-state index contributed by atoms with van der Waals surface area (Å²) < 4.78 is 38.7. The summed E-state index contributed by atoms with van der Waals surface area (Å²) in [5.74, 6) is -0.277. The van der Waals surface area contributed by atoms with Crippen LogP contribution in [-0.2, 0) is 16.6 Å². The molecule has 1 N–H and O–H groups in total. The Labute approximate surface area is 137 Å². The molecule has 0 unspecified atom stereocenters. The fourth-order valence-corrected chi connectivity index (χ4v) is 4.29. The number of halogens is 1. The minimum absolute atomic E-state index is 0.126.